The minimum atomic E-state index is -1.17. The van der Waals surface area contributed by atoms with Crippen LogP contribution in [0.5, 0.6) is 0 Å². The summed E-state index contributed by atoms with van der Waals surface area (Å²) in [5.74, 6) is -2.30. The molecule has 1 heterocycles. The molecule has 0 unspecified atom stereocenters. The van der Waals surface area contributed by atoms with Gasteiger partial charge < -0.3 is 14.8 Å². The normalized spacial score (nSPS) is 10.3. The molecule has 0 aliphatic rings. The Labute approximate surface area is 107 Å². The van der Waals surface area contributed by atoms with Gasteiger partial charge in [0.2, 0.25) is 0 Å². The Bertz CT molecular complexity index is 633. The summed E-state index contributed by atoms with van der Waals surface area (Å²) in [6.07, 6.45) is 1.49. The van der Waals surface area contributed by atoms with Crippen LogP contribution in [0.3, 0.4) is 0 Å². The molecular formula is C12H8ClNO4. The van der Waals surface area contributed by atoms with E-state index in [1.807, 2.05) is 0 Å². The second-order valence-electron chi connectivity index (χ2n) is 3.54. The second-order valence-corrected chi connectivity index (χ2v) is 3.97. The molecule has 0 saturated carbocycles. The van der Waals surface area contributed by atoms with Crippen LogP contribution in [0.2, 0.25) is 5.02 Å². The molecule has 0 atom stereocenters. The van der Waals surface area contributed by atoms with Crippen LogP contribution in [0, 0.1) is 0 Å². The fourth-order valence-electron chi connectivity index (χ4n) is 1.65. The van der Waals surface area contributed by atoms with Crippen LogP contribution >= 0.6 is 11.6 Å². The van der Waals surface area contributed by atoms with Crippen LogP contribution in [0.4, 0.5) is 0 Å². The van der Waals surface area contributed by atoms with E-state index in [9.17, 15) is 9.59 Å². The largest absolute Gasteiger partial charge is 0.478 e. The van der Waals surface area contributed by atoms with E-state index in [0.29, 0.717) is 0 Å². The van der Waals surface area contributed by atoms with E-state index < -0.39 is 11.9 Å². The number of hydrogen-bond acceptors (Lipinski definition) is 2. The summed E-state index contributed by atoms with van der Waals surface area (Å²) in [5, 5.41) is 18.4. The maximum absolute atomic E-state index is 11.1. The van der Waals surface area contributed by atoms with Crippen molar-refractivity contribution in [2.45, 2.75) is 0 Å². The molecule has 92 valence electrons. The van der Waals surface area contributed by atoms with Crippen LogP contribution in [0.25, 0.3) is 5.69 Å². The molecule has 5 nitrogen and oxygen atoms in total. The third kappa shape index (κ3) is 2.08. The van der Waals surface area contributed by atoms with Crippen molar-refractivity contribution in [1.29, 1.82) is 0 Å². The topological polar surface area (TPSA) is 79.5 Å². The highest BCUT2D eigenvalue weighted by Crippen LogP contribution is 2.22. The molecule has 0 saturated heterocycles. The number of nitrogens with zero attached hydrogens (tertiary/aromatic N) is 1. The SMILES string of the molecule is O=C(O)c1cc(Cl)ccc1-n1cccc1C(=O)O. The highest BCUT2D eigenvalue weighted by atomic mass is 35.5. The zero-order chi connectivity index (χ0) is 13.3. The van der Waals surface area contributed by atoms with E-state index in [-0.39, 0.29) is 22.0 Å². The molecule has 0 radical (unpaired) electrons. The van der Waals surface area contributed by atoms with Gasteiger partial charge in [-0.1, -0.05) is 11.6 Å². The van der Waals surface area contributed by atoms with Crippen LogP contribution in [0.1, 0.15) is 20.8 Å². The summed E-state index contributed by atoms with van der Waals surface area (Å²) in [5.41, 5.74) is 0.190. The van der Waals surface area contributed by atoms with E-state index >= 15 is 0 Å². The Morgan fingerprint density at radius 1 is 1.11 bits per heavy atom. The maximum atomic E-state index is 11.1. The Morgan fingerprint density at radius 2 is 1.83 bits per heavy atom. The van der Waals surface area contributed by atoms with E-state index in [4.69, 9.17) is 21.8 Å². The van der Waals surface area contributed by atoms with Crippen molar-refractivity contribution < 1.29 is 19.8 Å². The Balaban J connectivity index is 2.67. The van der Waals surface area contributed by atoms with Gasteiger partial charge in [-0.15, -0.1) is 0 Å². The number of carbonyl (C=O) groups is 2. The molecule has 1 aromatic heterocycles. The lowest BCUT2D eigenvalue weighted by atomic mass is 10.1. The first kappa shape index (κ1) is 12.2. The Kier molecular flexibility index (Phi) is 3.08. The van der Waals surface area contributed by atoms with Crippen molar-refractivity contribution in [3.8, 4) is 5.69 Å². The summed E-state index contributed by atoms with van der Waals surface area (Å²) >= 11 is 5.74. The predicted molar refractivity (Wildman–Crippen MR) is 64.7 cm³/mol. The molecular weight excluding hydrogens is 258 g/mol. The van der Waals surface area contributed by atoms with Crippen molar-refractivity contribution in [2.75, 3.05) is 0 Å². The van der Waals surface area contributed by atoms with Crippen molar-refractivity contribution >= 4 is 23.5 Å². The summed E-state index contributed by atoms with van der Waals surface area (Å²) in [4.78, 5) is 22.1. The first-order valence-corrected chi connectivity index (χ1v) is 5.32. The molecule has 0 bridgehead atoms. The van der Waals surface area contributed by atoms with Crippen molar-refractivity contribution in [2.24, 2.45) is 0 Å². The van der Waals surface area contributed by atoms with Gasteiger partial charge in [0, 0.05) is 11.2 Å². The fourth-order valence-corrected chi connectivity index (χ4v) is 1.83. The lowest BCUT2D eigenvalue weighted by molar-refractivity contribution is 0.0676. The lowest BCUT2D eigenvalue weighted by Crippen LogP contribution is -2.10. The van der Waals surface area contributed by atoms with Gasteiger partial charge in [-0.3, -0.25) is 0 Å². The van der Waals surface area contributed by atoms with E-state index in [2.05, 4.69) is 0 Å². The molecule has 2 aromatic rings. The summed E-state index contributed by atoms with van der Waals surface area (Å²) in [7, 11) is 0. The van der Waals surface area contributed by atoms with Gasteiger partial charge in [-0.2, -0.15) is 0 Å². The minimum Gasteiger partial charge on any atom is -0.478 e. The third-order valence-corrected chi connectivity index (χ3v) is 2.65. The number of carboxylic acid groups (broad SMARTS) is 2. The molecule has 18 heavy (non-hydrogen) atoms. The number of carboxylic acids is 2. The van der Waals surface area contributed by atoms with Crippen molar-refractivity contribution in [3.63, 3.8) is 0 Å². The second kappa shape index (κ2) is 4.54. The van der Waals surface area contributed by atoms with Gasteiger partial charge in [0.15, 0.2) is 0 Å². The highest BCUT2D eigenvalue weighted by Gasteiger charge is 2.16. The molecule has 2 N–H and O–H groups in total. The standard InChI is InChI=1S/C12H8ClNO4/c13-7-3-4-9(8(6-7)11(15)16)14-5-1-2-10(14)12(17)18/h1-6H,(H,15,16)(H,17,18). The summed E-state index contributed by atoms with van der Waals surface area (Å²) < 4.78 is 1.29. The van der Waals surface area contributed by atoms with Crippen LogP contribution in [-0.4, -0.2) is 26.7 Å². The average Bonchev–Trinajstić information content (AvgIpc) is 2.77. The first-order valence-electron chi connectivity index (χ1n) is 4.94. The van der Waals surface area contributed by atoms with Gasteiger partial charge in [-0.25, -0.2) is 9.59 Å². The zero-order valence-corrected chi connectivity index (χ0v) is 9.76. The van der Waals surface area contributed by atoms with Gasteiger partial charge in [-0.05, 0) is 30.3 Å². The number of hydrogen-bond donors (Lipinski definition) is 2. The van der Waals surface area contributed by atoms with E-state index in [1.165, 1.54) is 41.1 Å². The van der Waals surface area contributed by atoms with Gasteiger partial charge in [0.25, 0.3) is 0 Å². The quantitative estimate of drug-likeness (QED) is 0.894. The van der Waals surface area contributed by atoms with Crippen molar-refractivity contribution in [3.05, 3.63) is 52.8 Å². The fraction of sp³-hybridized carbons (Fsp3) is 0. The Hall–Kier alpha value is -2.27. The monoisotopic (exact) mass is 265 g/mol. The maximum Gasteiger partial charge on any atom is 0.352 e. The van der Waals surface area contributed by atoms with Crippen molar-refractivity contribution in [1.82, 2.24) is 4.57 Å². The first-order chi connectivity index (χ1) is 8.50. The average molecular weight is 266 g/mol. The van der Waals surface area contributed by atoms with Crippen LogP contribution in [-0.2, 0) is 0 Å². The van der Waals surface area contributed by atoms with Crippen LogP contribution in [0.15, 0.2) is 36.5 Å². The summed E-state index contributed by atoms with van der Waals surface area (Å²) in [6, 6.07) is 7.18. The molecule has 0 amide bonds. The van der Waals surface area contributed by atoms with Crippen LogP contribution < -0.4 is 0 Å². The predicted octanol–water partition coefficient (Wildman–Crippen LogP) is 2.53. The highest BCUT2D eigenvalue weighted by molar-refractivity contribution is 6.31. The smallest absolute Gasteiger partial charge is 0.352 e. The van der Waals surface area contributed by atoms with E-state index in [1.54, 1.807) is 0 Å². The molecule has 2 rings (SSSR count). The number of rotatable bonds is 3. The number of aromatic carboxylic acids is 2. The number of halogens is 1. The van der Waals surface area contributed by atoms with Gasteiger partial charge in [0.1, 0.15) is 5.69 Å². The Morgan fingerprint density at radius 3 is 2.44 bits per heavy atom. The van der Waals surface area contributed by atoms with Gasteiger partial charge in [0.05, 0.1) is 11.3 Å². The lowest BCUT2D eigenvalue weighted by Gasteiger charge is -2.10. The molecule has 6 heteroatoms. The third-order valence-electron chi connectivity index (χ3n) is 2.42. The molecule has 0 aliphatic carbocycles. The van der Waals surface area contributed by atoms with E-state index in [0.717, 1.165) is 0 Å². The molecule has 0 aliphatic heterocycles. The molecule has 0 spiro atoms. The zero-order valence-electron chi connectivity index (χ0n) is 9.00. The summed E-state index contributed by atoms with van der Waals surface area (Å²) in [6.45, 7) is 0. The molecule has 1 aromatic carbocycles. The number of aromatic nitrogens is 1. The number of benzene rings is 1. The molecule has 0 fully saturated rings. The minimum absolute atomic E-state index is 0.0141. The van der Waals surface area contributed by atoms with Gasteiger partial charge >= 0.3 is 11.9 Å².